The maximum absolute atomic E-state index is 4.16. The summed E-state index contributed by atoms with van der Waals surface area (Å²) in [6, 6.07) is 0. The van der Waals surface area contributed by atoms with Gasteiger partial charge in [0.25, 0.3) is 0 Å². The number of nitrogens with one attached hydrogen (secondary N) is 1. The molecule has 0 aromatic rings. The summed E-state index contributed by atoms with van der Waals surface area (Å²) in [5.74, 6) is 0.770. The molecule has 2 rings (SSSR count). The molecular weight excluding hydrogens is 158 g/mol. The largest absolute Gasteiger partial charge is 0.317 e. The van der Waals surface area contributed by atoms with Gasteiger partial charge in [-0.1, -0.05) is 19.1 Å². The highest BCUT2D eigenvalue weighted by molar-refractivity contribution is 5.07. The van der Waals surface area contributed by atoms with Gasteiger partial charge in [-0.25, -0.2) is 0 Å². The first-order valence-electron chi connectivity index (χ1n) is 5.60. The summed E-state index contributed by atoms with van der Waals surface area (Å²) in [7, 11) is 0. The van der Waals surface area contributed by atoms with E-state index >= 15 is 0 Å². The van der Waals surface area contributed by atoms with Crippen LogP contribution in [-0.2, 0) is 0 Å². The minimum Gasteiger partial charge on any atom is -0.317 e. The quantitative estimate of drug-likeness (QED) is 0.564. The third kappa shape index (κ3) is 1.80. The van der Waals surface area contributed by atoms with Gasteiger partial charge in [0.1, 0.15) is 0 Å². The number of allylic oxidation sites excluding steroid dienone is 1. The van der Waals surface area contributed by atoms with Gasteiger partial charge in [-0.15, -0.1) is 0 Å². The minimum absolute atomic E-state index is 0.686. The van der Waals surface area contributed by atoms with E-state index in [0.29, 0.717) is 5.41 Å². The third-order valence-corrected chi connectivity index (χ3v) is 4.08. The van der Waals surface area contributed by atoms with Gasteiger partial charge >= 0.3 is 0 Å². The SMILES string of the molecule is C=C1CCC2(CCNCC2)C[C@@H]1C. The fourth-order valence-electron chi connectivity index (χ4n) is 2.98. The highest BCUT2D eigenvalue weighted by atomic mass is 14.9. The maximum atomic E-state index is 4.16. The maximum Gasteiger partial charge on any atom is -0.00436 e. The van der Waals surface area contributed by atoms with Crippen molar-refractivity contribution in [2.45, 2.75) is 39.0 Å². The lowest BCUT2D eigenvalue weighted by Gasteiger charge is -2.44. The molecule has 1 nitrogen and oxygen atoms in total. The molecule has 0 unspecified atom stereocenters. The Hall–Kier alpha value is -0.300. The standard InChI is InChI=1S/C12H21N/c1-10-3-4-12(9-11(10)2)5-7-13-8-6-12/h11,13H,1,3-9H2,2H3/t11-/m0/s1. The molecule has 1 atom stereocenters. The molecule has 13 heavy (non-hydrogen) atoms. The molecule has 1 saturated heterocycles. The highest BCUT2D eigenvalue weighted by Crippen LogP contribution is 2.46. The van der Waals surface area contributed by atoms with Crippen LogP contribution in [0.4, 0.5) is 0 Å². The van der Waals surface area contributed by atoms with Crippen LogP contribution in [0, 0.1) is 11.3 Å². The summed E-state index contributed by atoms with van der Waals surface area (Å²) in [5, 5.41) is 3.46. The fraction of sp³-hybridized carbons (Fsp3) is 0.833. The van der Waals surface area contributed by atoms with Crippen molar-refractivity contribution in [2.24, 2.45) is 11.3 Å². The summed E-state index contributed by atoms with van der Waals surface area (Å²) in [5.41, 5.74) is 2.18. The van der Waals surface area contributed by atoms with Gasteiger partial charge in [0.05, 0.1) is 0 Å². The van der Waals surface area contributed by atoms with Crippen LogP contribution in [-0.4, -0.2) is 13.1 Å². The molecule has 2 aliphatic rings. The topological polar surface area (TPSA) is 12.0 Å². The third-order valence-electron chi connectivity index (χ3n) is 4.08. The lowest BCUT2D eigenvalue weighted by Crippen LogP contribution is -2.39. The van der Waals surface area contributed by atoms with Crippen molar-refractivity contribution in [3.8, 4) is 0 Å². The van der Waals surface area contributed by atoms with Gasteiger partial charge in [-0.2, -0.15) is 0 Å². The smallest absolute Gasteiger partial charge is 0.00436 e. The molecule has 1 heterocycles. The molecule has 1 N–H and O–H groups in total. The van der Waals surface area contributed by atoms with Crippen molar-refractivity contribution in [1.29, 1.82) is 0 Å². The first kappa shape index (κ1) is 9.26. The minimum atomic E-state index is 0.686. The molecule has 1 spiro atoms. The zero-order chi connectivity index (χ0) is 9.31. The van der Waals surface area contributed by atoms with E-state index in [0.717, 1.165) is 5.92 Å². The van der Waals surface area contributed by atoms with E-state index in [4.69, 9.17) is 0 Å². The number of hydrogen-bond donors (Lipinski definition) is 1. The second-order valence-corrected chi connectivity index (χ2v) is 5.01. The predicted molar refractivity (Wildman–Crippen MR) is 56.7 cm³/mol. The second-order valence-electron chi connectivity index (χ2n) is 5.01. The number of hydrogen-bond acceptors (Lipinski definition) is 1. The summed E-state index contributed by atoms with van der Waals surface area (Å²) >= 11 is 0. The number of piperidine rings is 1. The van der Waals surface area contributed by atoms with Crippen molar-refractivity contribution in [3.05, 3.63) is 12.2 Å². The van der Waals surface area contributed by atoms with E-state index in [-0.39, 0.29) is 0 Å². The zero-order valence-electron chi connectivity index (χ0n) is 8.73. The molecule has 1 aliphatic heterocycles. The molecule has 0 radical (unpaired) electrons. The van der Waals surface area contributed by atoms with E-state index < -0.39 is 0 Å². The average Bonchev–Trinajstić information content (AvgIpc) is 2.14. The zero-order valence-corrected chi connectivity index (χ0v) is 8.73. The summed E-state index contributed by atoms with van der Waals surface area (Å²) in [6.45, 7) is 8.98. The van der Waals surface area contributed by atoms with Crippen molar-refractivity contribution in [3.63, 3.8) is 0 Å². The Kier molecular flexibility index (Phi) is 2.46. The summed E-state index contributed by atoms with van der Waals surface area (Å²) in [6.07, 6.45) is 6.86. The molecule has 0 aromatic carbocycles. The lowest BCUT2D eigenvalue weighted by atomic mass is 9.64. The van der Waals surface area contributed by atoms with Crippen LogP contribution in [0.1, 0.15) is 39.0 Å². The van der Waals surface area contributed by atoms with Crippen LogP contribution in [0.15, 0.2) is 12.2 Å². The summed E-state index contributed by atoms with van der Waals surface area (Å²) in [4.78, 5) is 0. The molecule has 1 aliphatic carbocycles. The Morgan fingerprint density at radius 1 is 1.31 bits per heavy atom. The van der Waals surface area contributed by atoms with Crippen LogP contribution >= 0.6 is 0 Å². The van der Waals surface area contributed by atoms with Crippen molar-refractivity contribution >= 4 is 0 Å². The number of rotatable bonds is 0. The van der Waals surface area contributed by atoms with Gasteiger partial charge < -0.3 is 5.32 Å². The predicted octanol–water partition coefficient (Wildman–Crippen LogP) is 2.73. The Morgan fingerprint density at radius 2 is 2.00 bits per heavy atom. The monoisotopic (exact) mass is 179 g/mol. The van der Waals surface area contributed by atoms with Crippen LogP contribution in [0.3, 0.4) is 0 Å². The molecule has 0 bridgehead atoms. The normalized spacial score (nSPS) is 33.6. The molecule has 0 amide bonds. The van der Waals surface area contributed by atoms with Gasteiger partial charge in [0.2, 0.25) is 0 Å². The lowest BCUT2D eigenvalue weighted by molar-refractivity contribution is 0.128. The van der Waals surface area contributed by atoms with Crippen LogP contribution < -0.4 is 5.32 Å². The van der Waals surface area contributed by atoms with Crippen molar-refractivity contribution in [1.82, 2.24) is 5.32 Å². The fourth-order valence-corrected chi connectivity index (χ4v) is 2.98. The van der Waals surface area contributed by atoms with E-state index in [2.05, 4.69) is 18.8 Å². The molecule has 2 fully saturated rings. The Labute approximate surface area is 81.6 Å². The molecule has 1 heteroatoms. The van der Waals surface area contributed by atoms with E-state index in [1.165, 1.54) is 50.8 Å². The Balaban J connectivity index is 2.02. The average molecular weight is 179 g/mol. The van der Waals surface area contributed by atoms with Gasteiger partial charge in [0.15, 0.2) is 0 Å². The van der Waals surface area contributed by atoms with Crippen molar-refractivity contribution < 1.29 is 0 Å². The van der Waals surface area contributed by atoms with E-state index in [9.17, 15) is 0 Å². The highest BCUT2D eigenvalue weighted by Gasteiger charge is 2.36. The first-order valence-corrected chi connectivity index (χ1v) is 5.60. The molecular formula is C12H21N. The van der Waals surface area contributed by atoms with Crippen LogP contribution in [0.5, 0.6) is 0 Å². The Bertz CT molecular complexity index is 201. The molecule has 74 valence electrons. The Morgan fingerprint density at radius 3 is 2.62 bits per heavy atom. The van der Waals surface area contributed by atoms with Gasteiger partial charge in [-0.05, 0) is 56.5 Å². The first-order chi connectivity index (χ1) is 6.22. The summed E-state index contributed by atoms with van der Waals surface area (Å²) < 4.78 is 0. The molecule has 0 aromatic heterocycles. The van der Waals surface area contributed by atoms with E-state index in [1.54, 1.807) is 0 Å². The van der Waals surface area contributed by atoms with Crippen LogP contribution in [0.2, 0.25) is 0 Å². The molecule has 1 saturated carbocycles. The second kappa shape index (κ2) is 3.45. The van der Waals surface area contributed by atoms with Gasteiger partial charge in [0, 0.05) is 0 Å². The van der Waals surface area contributed by atoms with Gasteiger partial charge in [-0.3, -0.25) is 0 Å². The van der Waals surface area contributed by atoms with Crippen molar-refractivity contribution in [2.75, 3.05) is 13.1 Å². The van der Waals surface area contributed by atoms with Crippen LogP contribution in [0.25, 0.3) is 0 Å². The van der Waals surface area contributed by atoms with E-state index in [1.807, 2.05) is 0 Å².